The van der Waals surface area contributed by atoms with Crippen LogP contribution in [0.25, 0.3) is 0 Å². The molecule has 5 nitrogen and oxygen atoms in total. The zero-order valence-electron chi connectivity index (χ0n) is 11.7. The number of ether oxygens (including phenoxy) is 2. The van der Waals surface area contributed by atoms with Gasteiger partial charge in [0, 0.05) is 23.9 Å². The van der Waals surface area contributed by atoms with Crippen molar-refractivity contribution in [3.8, 4) is 5.75 Å². The van der Waals surface area contributed by atoms with Crippen LogP contribution in [0.5, 0.6) is 5.75 Å². The van der Waals surface area contributed by atoms with E-state index in [0.717, 1.165) is 29.1 Å². The Morgan fingerprint density at radius 3 is 3.00 bits per heavy atom. The minimum atomic E-state index is -0.220. The van der Waals surface area contributed by atoms with Gasteiger partial charge in [-0.3, -0.25) is 9.78 Å². The van der Waals surface area contributed by atoms with Gasteiger partial charge >= 0.3 is 0 Å². The normalized spacial score (nSPS) is 19.2. The fourth-order valence-electron chi connectivity index (χ4n) is 2.31. The smallest absolute Gasteiger partial charge is 0.158 e. The molecule has 1 aromatic rings. The SMILES string of the molecule is COc1c(C)cnc(CC(=O)C2COCCN2)c1C. The number of carbonyl (C=O) groups is 1. The van der Waals surface area contributed by atoms with Gasteiger partial charge in [0.25, 0.3) is 0 Å². The van der Waals surface area contributed by atoms with Gasteiger partial charge in [0.1, 0.15) is 5.75 Å². The van der Waals surface area contributed by atoms with Crippen LogP contribution in [-0.4, -0.2) is 43.7 Å². The highest BCUT2D eigenvalue weighted by Crippen LogP contribution is 2.24. The van der Waals surface area contributed by atoms with Crippen molar-refractivity contribution in [2.75, 3.05) is 26.9 Å². The van der Waals surface area contributed by atoms with Crippen molar-refractivity contribution in [2.45, 2.75) is 26.3 Å². The van der Waals surface area contributed by atoms with Gasteiger partial charge in [-0.15, -0.1) is 0 Å². The second-order valence-electron chi connectivity index (χ2n) is 4.77. The summed E-state index contributed by atoms with van der Waals surface area (Å²) < 4.78 is 10.7. The molecule has 1 N–H and O–H groups in total. The molecule has 0 aromatic carbocycles. The Bertz CT molecular complexity index is 468. The summed E-state index contributed by atoms with van der Waals surface area (Å²) in [4.78, 5) is 16.5. The number of nitrogens with one attached hydrogen (secondary N) is 1. The highest BCUT2D eigenvalue weighted by molar-refractivity contribution is 5.86. The number of aryl methyl sites for hydroxylation is 1. The molecule has 2 heterocycles. The van der Waals surface area contributed by atoms with Crippen molar-refractivity contribution in [1.29, 1.82) is 0 Å². The van der Waals surface area contributed by atoms with Crippen LogP contribution in [0, 0.1) is 13.8 Å². The summed E-state index contributed by atoms with van der Waals surface area (Å²) in [6, 6.07) is -0.220. The van der Waals surface area contributed by atoms with Gasteiger partial charge in [-0.2, -0.15) is 0 Å². The summed E-state index contributed by atoms with van der Waals surface area (Å²) in [5.74, 6) is 0.923. The zero-order chi connectivity index (χ0) is 13.8. The number of Topliss-reactive ketones (excluding diaryl/α,β-unsaturated/α-hetero) is 1. The molecular weight excluding hydrogens is 244 g/mol. The number of ketones is 1. The Labute approximate surface area is 113 Å². The standard InChI is InChI=1S/C14H20N2O3/c1-9-7-16-11(10(2)14(9)18-3)6-13(17)12-8-19-5-4-15-12/h7,12,15H,4-6,8H2,1-3H3. The Morgan fingerprint density at radius 1 is 1.58 bits per heavy atom. The second kappa shape index (κ2) is 6.12. The van der Waals surface area contributed by atoms with Crippen LogP contribution in [0.1, 0.15) is 16.8 Å². The number of carbonyl (C=O) groups excluding carboxylic acids is 1. The fraction of sp³-hybridized carbons (Fsp3) is 0.571. The molecule has 104 valence electrons. The van der Waals surface area contributed by atoms with Crippen LogP contribution in [0.15, 0.2) is 6.20 Å². The van der Waals surface area contributed by atoms with E-state index in [1.165, 1.54) is 0 Å². The molecule has 2 rings (SSSR count). The van der Waals surface area contributed by atoms with Crippen molar-refractivity contribution < 1.29 is 14.3 Å². The number of methoxy groups -OCH3 is 1. The van der Waals surface area contributed by atoms with Crippen molar-refractivity contribution >= 4 is 5.78 Å². The van der Waals surface area contributed by atoms with Crippen LogP contribution < -0.4 is 10.1 Å². The lowest BCUT2D eigenvalue weighted by molar-refractivity contribution is -0.123. The minimum Gasteiger partial charge on any atom is -0.496 e. The lowest BCUT2D eigenvalue weighted by Gasteiger charge is -2.22. The second-order valence-corrected chi connectivity index (χ2v) is 4.77. The molecule has 1 aliphatic heterocycles. The first-order valence-corrected chi connectivity index (χ1v) is 6.46. The van der Waals surface area contributed by atoms with Gasteiger partial charge in [0.2, 0.25) is 0 Å². The van der Waals surface area contributed by atoms with Crippen LogP contribution in [-0.2, 0) is 16.0 Å². The number of aromatic nitrogens is 1. The Balaban J connectivity index is 2.12. The van der Waals surface area contributed by atoms with Crippen molar-refractivity contribution in [2.24, 2.45) is 0 Å². The van der Waals surface area contributed by atoms with E-state index in [4.69, 9.17) is 9.47 Å². The van der Waals surface area contributed by atoms with E-state index in [-0.39, 0.29) is 11.8 Å². The topological polar surface area (TPSA) is 60.5 Å². The molecule has 19 heavy (non-hydrogen) atoms. The molecule has 0 saturated carbocycles. The minimum absolute atomic E-state index is 0.112. The Morgan fingerprint density at radius 2 is 2.37 bits per heavy atom. The highest BCUT2D eigenvalue weighted by atomic mass is 16.5. The number of nitrogens with zero attached hydrogens (tertiary/aromatic N) is 1. The zero-order valence-corrected chi connectivity index (χ0v) is 11.7. The van der Waals surface area contributed by atoms with E-state index in [2.05, 4.69) is 10.3 Å². The molecule has 1 aliphatic rings. The summed E-state index contributed by atoms with van der Waals surface area (Å²) in [5, 5.41) is 3.16. The predicted molar refractivity (Wildman–Crippen MR) is 71.6 cm³/mol. The average Bonchev–Trinajstić information content (AvgIpc) is 2.43. The molecule has 0 bridgehead atoms. The number of hydrogen-bond acceptors (Lipinski definition) is 5. The Hall–Kier alpha value is -1.46. The third kappa shape index (κ3) is 3.11. The molecule has 1 atom stereocenters. The summed E-state index contributed by atoms with van der Waals surface area (Å²) in [6.45, 7) is 5.72. The van der Waals surface area contributed by atoms with Gasteiger partial charge in [0.15, 0.2) is 5.78 Å². The molecule has 0 spiro atoms. The molecule has 1 aromatic heterocycles. The van der Waals surface area contributed by atoms with Crippen molar-refractivity contribution in [3.05, 3.63) is 23.0 Å². The molecule has 5 heteroatoms. The van der Waals surface area contributed by atoms with E-state index in [1.807, 2.05) is 13.8 Å². The van der Waals surface area contributed by atoms with Crippen molar-refractivity contribution in [1.82, 2.24) is 10.3 Å². The summed E-state index contributed by atoms with van der Waals surface area (Å²) in [6.07, 6.45) is 2.06. The predicted octanol–water partition coefficient (Wildman–Crippen LogP) is 0.807. The molecule has 1 unspecified atom stereocenters. The highest BCUT2D eigenvalue weighted by Gasteiger charge is 2.23. The van der Waals surface area contributed by atoms with Gasteiger partial charge < -0.3 is 14.8 Å². The number of rotatable bonds is 4. The van der Waals surface area contributed by atoms with E-state index >= 15 is 0 Å². The first-order chi connectivity index (χ1) is 9.13. The van der Waals surface area contributed by atoms with E-state index in [9.17, 15) is 4.79 Å². The third-order valence-corrected chi connectivity index (χ3v) is 3.40. The summed E-state index contributed by atoms with van der Waals surface area (Å²) >= 11 is 0. The van der Waals surface area contributed by atoms with Crippen LogP contribution in [0.2, 0.25) is 0 Å². The maximum Gasteiger partial charge on any atom is 0.158 e. The summed E-state index contributed by atoms with van der Waals surface area (Å²) in [5.41, 5.74) is 2.70. The van der Waals surface area contributed by atoms with Crippen LogP contribution in [0.3, 0.4) is 0 Å². The Kier molecular flexibility index (Phi) is 4.50. The summed E-state index contributed by atoms with van der Waals surface area (Å²) in [7, 11) is 1.64. The van der Waals surface area contributed by atoms with E-state index in [1.54, 1.807) is 13.3 Å². The monoisotopic (exact) mass is 264 g/mol. The average molecular weight is 264 g/mol. The quantitative estimate of drug-likeness (QED) is 0.872. The number of hydrogen-bond donors (Lipinski definition) is 1. The van der Waals surface area contributed by atoms with Crippen LogP contribution >= 0.6 is 0 Å². The van der Waals surface area contributed by atoms with Crippen molar-refractivity contribution in [3.63, 3.8) is 0 Å². The molecule has 0 amide bonds. The lowest BCUT2D eigenvalue weighted by atomic mass is 10.0. The van der Waals surface area contributed by atoms with E-state index in [0.29, 0.717) is 19.6 Å². The van der Waals surface area contributed by atoms with E-state index < -0.39 is 0 Å². The van der Waals surface area contributed by atoms with Gasteiger partial charge in [-0.1, -0.05) is 0 Å². The number of pyridine rings is 1. The fourth-order valence-corrected chi connectivity index (χ4v) is 2.31. The van der Waals surface area contributed by atoms with Gasteiger partial charge in [-0.25, -0.2) is 0 Å². The van der Waals surface area contributed by atoms with Gasteiger partial charge in [-0.05, 0) is 13.8 Å². The molecule has 1 fully saturated rings. The number of morpholine rings is 1. The first kappa shape index (κ1) is 14.0. The molecule has 0 radical (unpaired) electrons. The lowest BCUT2D eigenvalue weighted by Crippen LogP contribution is -2.47. The third-order valence-electron chi connectivity index (χ3n) is 3.40. The van der Waals surface area contributed by atoms with Crippen LogP contribution in [0.4, 0.5) is 0 Å². The molecular formula is C14H20N2O3. The maximum absolute atomic E-state index is 12.2. The largest absolute Gasteiger partial charge is 0.496 e. The molecule has 0 aliphatic carbocycles. The van der Waals surface area contributed by atoms with Gasteiger partial charge in [0.05, 0.1) is 38.5 Å². The first-order valence-electron chi connectivity index (χ1n) is 6.46. The maximum atomic E-state index is 12.2. The molecule has 1 saturated heterocycles.